The van der Waals surface area contributed by atoms with Gasteiger partial charge in [0.1, 0.15) is 5.01 Å². The summed E-state index contributed by atoms with van der Waals surface area (Å²) in [7, 11) is 0. The van der Waals surface area contributed by atoms with Gasteiger partial charge in [0.15, 0.2) is 0 Å². The van der Waals surface area contributed by atoms with Gasteiger partial charge >= 0.3 is 0 Å². The SMILES string of the molecule is c1csc([C@H]2CCCN2Cc2nc3ccccc3s2)c1. The van der Waals surface area contributed by atoms with Crippen LogP contribution in [0.1, 0.15) is 28.8 Å². The molecule has 0 unspecified atom stereocenters. The smallest absolute Gasteiger partial charge is 0.108 e. The molecule has 0 N–H and O–H groups in total. The summed E-state index contributed by atoms with van der Waals surface area (Å²) in [6.45, 7) is 2.18. The lowest BCUT2D eigenvalue weighted by molar-refractivity contribution is 0.251. The van der Waals surface area contributed by atoms with Gasteiger partial charge in [0.25, 0.3) is 0 Å². The Morgan fingerprint density at radius 1 is 1.20 bits per heavy atom. The number of rotatable bonds is 3. The lowest BCUT2D eigenvalue weighted by atomic mass is 10.2. The second-order valence-electron chi connectivity index (χ2n) is 5.22. The van der Waals surface area contributed by atoms with E-state index in [4.69, 9.17) is 4.98 Å². The number of hydrogen-bond donors (Lipinski definition) is 0. The van der Waals surface area contributed by atoms with Gasteiger partial charge in [0.2, 0.25) is 0 Å². The molecule has 20 heavy (non-hydrogen) atoms. The molecule has 3 aromatic rings. The fourth-order valence-electron chi connectivity index (χ4n) is 2.98. The van der Waals surface area contributed by atoms with Crippen molar-refractivity contribution in [1.82, 2.24) is 9.88 Å². The molecule has 1 aliphatic heterocycles. The van der Waals surface area contributed by atoms with Crippen molar-refractivity contribution in [3.63, 3.8) is 0 Å². The minimum atomic E-state index is 0.599. The van der Waals surface area contributed by atoms with E-state index in [-0.39, 0.29) is 0 Å². The highest BCUT2D eigenvalue weighted by atomic mass is 32.1. The number of para-hydroxylation sites is 1. The van der Waals surface area contributed by atoms with Crippen LogP contribution < -0.4 is 0 Å². The molecule has 1 atom stereocenters. The first-order valence-corrected chi connectivity index (χ1v) is 8.72. The molecule has 3 heterocycles. The normalized spacial score (nSPS) is 19.9. The zero-order valence-corrected chi connectivity index (χ0v) is 12.8. The van der Waals surface area contributed by atoms with Crippen molar-refractivity contribution in [2.45, 2.75) is 25.4 Å². The van der Waals surface area contributed by atoms with Crippen LogP contribution in [0.2, 0.25) is 0 Å². The van der Waals surface area contributed by atoms with Gasteiger partial charge in [-0.2, -0.15) is 0 Å². The fourth-order valence-corrected chi connectivity index (χ4v) is 4.87. The zero-order chi connectivity index (χ0) is 13.4. The Hall–Kier alpha value is -1.23. The van der Waals surface area contributed by atoms with Gasteiger partial charge in [0, 0.05) is 10.9 Å². The summed E-state index contributed by atoms with van der Waals surface area (Å²) >= 11 is 3.71. The van der Waals surface area contributed by atoms with E-state index in [9.17, 15) is 0 Å². The predicted octanol–water partition coefficient (Wildman–Crippen LogP) is 4.69. The maximum absolute atomic E-state index is 4.77. The van der Waals surface area contributed by atoms with Gasteiger partial charge < -0.3 is 0 Å². The first kappa shape index (κ1) is 12.5. The topological polar surface area (TPSA) is 16.1 Å². The number of benzene rings is 1. The van der Waals surface area contributed by atoms with Crippen LogP contribution in [-0.4, -0.2) is 16.4 Å². The van der Waals surface area contributed by atoms with E-state index in [0.717, 1.165) is 12.1 Å². The Morgan fingerprint density at radius 2 is 2.15 bits per heavy atom. The summed E-state index contributed by atoms with van der Waals surface area (Å²) in [6, 6.07) is 13.5. The molecule has 4 heteroatoms. The third-order valence-electron chi connectivity index (χ3n) is 3.91. The third kappa shape index (κ3) is 2.28. The lowest BCUT2D eigenvalue weighted by Crippen LogP contribution is -2.21. The maximum Gasteiger partial charge on any atom is 0.108 e. The van der Waals surface area contributed by atoms with E-state index in [2.05, 4.69) is 46.7 Å². The third-order valence-corrected chi connectivity index (χ3v) is 5.91. The summed E-state index contributed by atoms with van der Waals surface area (Å²) in [4.78, 5) is 8.86. The standard InChI is InChI=1S/C16H16N2S2/c1-2-7-14-12(5-1)17-16(20-14)11-18-9-3-6-13(18)15-8-4-10-19-15/h1-2,4-5,7-8,10,13H,3,6,9,11H2/t13-/m1/s1. The highest BCUT2D eigenvalue weighted by Gasteiger charge is 2.27. The van der Waals surface area contributed by atoms with Crippen molar-refractivity contribution in [1.29, 1.82) is 0 Å². The molecule has 1 aromatic carbocycles. The summed E-state index contributed by atoms with van der Waals surface area (Å²) < 4.78 is 1.30. The molecule has 0 aliphatic carbocycles. The average Bonchev–Trinajstić information content (AvgIpc) is 3.18. The molecule has 2 nitrogen and oxygen atoms in total. The maximum atomic E-state index is 4.77. The van der Waals surface area contributed by atoms with Crippen LogP contribution >= 0.6 is 22.7 Å². The zero-order valence-electron chi connectivity index (χ0n) is 11.2. The molecule has 4 rings (SSSR count). The first-order valence-electron chi connectivity index (χ1n) is 7.02. The summed E-state index contributed by atoms with van der Waals surface area (Å²) in [6.07, 6.45) is 2.58. The Morgan fingerprint density at radius 3 is 3.00 bits per heavy atom. The molecule has 102 valence electrons. The molecular formula is C16H16N2S2. The van der Waals surface area contributed by atoms with Crippen LogP contribution in [-0.2, 0) is 6.54 Å². The minimum absolute atomic E-state index is 0.599. The Bertz CT molecular complexity index is 669. The van der Waals surface area contributed by atoms with Crippen molar-refractivity contribution in [3.8, 4) is 0 Å². The summed E-state index contributed by atoms with van der Waals surface area (Å²) in [5, 5.41) is 3.43. The number of likely N-dealkylation sites (tertiary alicyclic amines) is 1. The fraction of sp³-hybridized carbons (Fsp3) is 0.312. The van der Waals surface area contributed by atoms with Crippen molar-refractivity contribution in [2.24, 2.45) is 0 Å². The predicted molar refractivity (Wildman–Crippen MR) is 86.3 cm³/mol. The Kier molecular flexibility index (Phi) is 3.30. The van der Waals surface area contributed by atoms with Crippen molar-refractivity contribution in [3.05, 3.63) is 51.7 Å². The van der Waals surface area contributed by atoms with Gasteiger partial charge in [-0.15, -0.1) is 22.7 Å². The number of fused-ring (bicyclic) bond motifs is 1. The Labute approximate surface area is 126 Å². The van der Waals surface area contributed by atoms with Crippen LogP contribution in [0.25, 0.3) is 10.2 Å². The van der Waals surface area contributed by atoms with Gasteiger partial charge in [-0.05, 0) is 43.0 Å². The van der Waals surface area contributed by atoms with Gasteiger partial charge in [-0.1, -0.05) is 18.2 Å². The highest BCUT2D eigenvalue weighted by molar-refractivity contribution is 7.18. The second kappa shape index (κ2) is 5.28. The molecule has 1 saturated heterocycles. The van der Waals surface area contributed by atoms with Crippen molar-refractivity contribution in [2.75, 3.05) is 6.54 Å². The molecule has 2 aromatic heterocycles. The summed E-state index contributed by atoms with van der Waals surface area (Å²) in [5.74, 6) is 0. The highest BCUT2D eigenvalue weighted by Crippen LogP contribution is 2.36. The molecule has 0 spiro atoms. The van der Waals surface area contributed by atoms with E-state index in [0.29, 0.717) is 6.04 Å². The Balaban J connectivity index is 1.58. The van der Waals surface area contributed by atoms with E-state index >= 15 is 0 Å². The van der Waals surface area contributed by atoms with Crippen LogP contribution in [0, 0.1) is 0 Å². The van der Waals surface area contributed by atoms with Gasteiger partial charge in [-0.3, -0.25) is 4.90 Å². The molecule has 1 aliphatic rings. The summed E-state index contributed by atoms with van der Waals surface area (Å²) in [5.41, 5.74) is 1.14. The number of hydrogen-bond acceptors (Lipinski definition) is 4. The monoisotopic (exact) mass is 300 g/mol. The van der Waals surface area contributed by atoms with E-state index in [1.165, 1.54) is 34.0 Å². The van der Waals surface area contributed by atoms with E-state index < -0.39 is 0 Å². The number of aromatic nitrogens is 1. The van der Waals surface area contributed by atoms with E-state index in [1.807, 2.05) is 22.7 Å². The molecule has 0 amide bonds. The van der Waals surface area contributed by atoms with Crippen molar-refractivity contribution >= 4 is 32.9 Å². The molecule has 1 fully saturated rings. The second-order valence-corrected chi connectivity index (χ2v) is 7.31. The van der Waals surface area contributed by atoms with Crippen LogP contribution in [0.3, 0.4) is 0 Å². The number of nitrogens with zero attached hydrogens (tertiary/aromatic N) is 2. The van der Waals surface area contributed by atoms with Crippen molar-refractivity contribution < 1.29 is 0 Å². The molecule has 0 saturated carbocycles. The van der Waals surface area contributed by atoms with Crippen LogP contribution in [0.5, 0.6) is 0 Å². The van der Waals surface area contributed by atoms with Crippen LogP contribution in [0.4, 0.5) is 0 Å². The molecular weight excluding hydrogens is 284 g/mol. The van der Waals surface area contributed by atoms with E-state index in [1.54, 1.807) is 0 Å². The first-order chi connectivity index (χ1) is 9.90. The number of thiophene rings is 1. The molecule has 0 radical (unpaired) electrons. The molecule has 0 bridgehead atoms. The largest absolute Gasteiger partial charge is 0.289 e. The quantitative estimate of drug-likeness (QED) is 0.697. The number of thiazole rings is 1. The minimum Gasteiger partial charge on any atom is -0.289 e. The van der Waals surface area contributed by atoms with Gasteiger partial charge in [0.05, 0.1) is 16.8 Å². The lowest BCUT2D eigenvalue weighted by Gasteiger charge is -2.22. The van der Waals surface area contributed by atoms with Crippen LogP contribution in [0.15, 0.2) is 41.8 Å². The van der Waals surface area contributed by atoms with Gasteiger partial charge in [-0.25, -0.2) is 4.98 Å². The average molecular weight is 300 g/mol.